The number of rotatable bonds is 2. The van der Waals surface area contributed by atoms with Crippen LogP contribution in [0.5, 0.6) is 0 Å². The van der Waals surface area contributed by atoms with E-state index >= 15 is 0 Å². The van der Waals surface area contributed by atoms with Crippen LogP contribution in [0.2, 0.25) is 0 Å². The van der Waals surface area contributed by atoms with Crippen LogP contribution in [-0.2, 0) is 23.9 Å². The van der Waals surface area contributed by atoms with Gasteiger partial charge in [0.1, 0.15) is 0 Å². The van der Waals surface area contributed by atoms with Gasteiger partial charge in [0.05, 0.1) is 14.2 Å². The van der Waals surface area contributed by atoms with Gasteiger partial charge in [0, 0.05) is 12.8 Å². The predicted octanol–water partition coefficient (Wildman–Crippen LogP) is 0.548. The largest absolute Gasteiger partial charge is 0.468 e. The molecule has 0 aromatic heterocycles. The summed E-state index contributed by atoms with van der Waals surface area (Å²) in [7, 11) is 2.44. The zero-order valence-corrected chi connectivity index (χ0v) is 9.61. The second-order valence-corrected chi connectivity index (χ2v) is 4.11. The summed E-state index contributed by atoms with van der Waals surface area (Å²) < 4.78 is 9.31. The molecular weight excluding hydrogens is 224 g/mol. The summed E-state index contributed by atoms with van der Waals surface area (Å²) in [5.41, 5.74) is 0.0438. The number of allylic oxidation sites excluding steroid dienone is 3. The summed E-state index contributed by atoms with van der Waals surface area (Å²) in [6.07, 6.45) is 3.36. The highest BCUT2D eigenvalue weighted by molar-refractivity contribution is 6.06. The number of hydrogen-bond donors (Lipinski definition) is 0. The van der Waals surface area contributed by atoms with Crippen molar-refractivity contribution in [3.63, 3.8) is 0 Å². The number of ether oxygens (including phenoxy) is 2. The van der Waals surface area contributed by atoms with Crippen LogP contribution in [0.25, 0.3) is 0 Å². The summed E-state index contributed by atoms with van der Waals surface area (Å²) >= 11 is 0. The summed E-state index contributed by atoms with van der Waals surface area (Å²) in [6.45, 7) is 0. The van der Waals surface area contributed by atoms with Gasteiger partial charge in [0.2, 0.25) is 0 Å². The first-order valence-electron chi connectivity index (χ1n) is 5.16. The monoisotopic (exact) mass is 236 g/mol. The zero-order valence-electron chi connectivity index (χ0n) is 9.61. The average Bonchev–Trinajstić information content (AvgIpc) is 2.81. The van der Waals surface area contributed by atoms with E-state index in [0.717, 1.165) is 11.1 Å². The van der Waals surface area contributed by atoms with Gasteiger partial charge in [0.25, 0.3) is 0 Å². The molecule has 0 aliphatic heterocycles. The Morgan fingerprint density at radius 1 is 1.18 bits per heavy atom. The van der Waals surface area contributed by atoms with E-state index in [1.807, 2.05) is 0 Å². The van der Waals surface area contributed by atoms with Gasteiger partial charge < -0.3 is 9.47 Å². The fourth-order valence-electron chi connectivity index (χ4n) is 2.31. The Labute approximate surface area is 98.1 Å². The minimum absolute atomic E-state index is 0.00502. The molecule has 0 aromatic rings. The Balaban J connectivity index is 2.42. The first kappa shape index (κ1) is 11.6. The van der Waals surface area contributed by atoms with Crippen molar-refractivity contribution in [2.45, 2.75) is 12.8 Å². The highest BCUT2D eigenvalue weighted by Gasteiger charge is 2.52. The molecule has 0 fully saturated rings. The van der Waals surface area contributed by atoms with Crippen molar-refractivity contribution in [2.24, 2.45) is 5.41 Å². The summed E-state index contributed by atoms with van der Waals surface area (Å²) in [5, 5.41) is 0. The maximum absolute atomic E-state index is 11.8. The van der Waals surface area contributed by atoms with Crippen LogP contribution in [0.3, 0.4) is 0 Å². The van der Waals surface area contributed by atoms with Crippen LogP contribution in [0.15, 0.2) is 23.3 Å². The zero-order chi connectivity index (χ0) is 12.6. The van der Waals surface area contributed by atoms with E-state index in [2.05, 4.69) is 9.47 Å². The average molecular weight is 236 g/mol. The normalized spacial score (nSPS) is 20.5. The molecule has 0 saturated carbocycles. The van der Waals surface area contributed by atoms with Gasteiger partial charge in [-0.2, -0.15) is 0 Å². The van der Waals surface area contributed by atoms with Crippen molar-refractivity contribution in [3.8, 4) is 0 Å². The quantitative estimate of drug-likeness (QED) is 0.517. The summed E-state index contributed by atoms with van der Waals surface area (Å²) in [5.74, 6) is -1.31. The van der Waals surface area contributed by atoms with E-state index in [-0.39, 0.29) is 18.6 Å². The molecular formula is C12H12O5. The molecule has 0 unspecified atom stereocenters. The number of methoxy groups -OCH3 is 2. The van der Waals surface area contributed by atoms with Crippen molar-refractivity contribution in [1.82, 2.24) is 0 Å². The smallest absolute Gasteiger partial charge is 0.327 e. The van der Waals surface area contributed by atoms with E-state index in [4.69, 9.17) is 0 Å². The Morgan fingerprint density at radius 3 is 2.24 bits per heavy atom. The number of ketones is 1. The van der Waals surface area contributed by atoms with Crippen LogP contribution in [-0.4, -0.2) is 31.9 Å². The van der Waals surface area contributed by atoms with Gasteiger partial charge in [0.15, 0.2) is 11.2 Å². The van der Waals surface area contributed by atoms with Crippen molar-refractivity contribution in [2.75, 3.05) is 14.2 Å². The van der Waals surface area contributed by atoms with Crippen LogP contribution in [0.4, 0.5) is 0 Å². The lowest BCUT2D eigenvalue weighted by atomic mass is 9.86. The minimum Gasteiger partial charge on any atom is -0.468 e. The van der Waals surface area contributed by atoms with Crippen molar-refractivity contribution in [1.29, 1.82) is 0 Å². The molecule has 0 amide bonds. The van der Waals surface area contributed by atoms with Gasteiger partial charge in [-0.25, -0.2) is 0 Å². The van der Waals surface area contributed by atoms with Crippen LogP contribution in [0, 0.1) is 5.41 Å². The highest BCUT2D eigenvalue weighted by Crippen LogP contribution is 2.45. The number of carbonyl (C=O) groups is 3. The molecule has 5 heteroatoms. The molecule has 2 aliphatic rings. The van der Waals surface area contributed by atoms with E-state index in [0.29, 0.717) is 0 Å². The maximum atomic E-state index is 11.8. The van der Waals surface area contributed by atoms with E-state index in [9.17, 15) is 14.4 Å². The lowest BCUT2D eigenvalue weighted by molar-refractivity contribution is -0.164. The predicted molar refractivity (Wildman–Crippen MR) is 56.9 cm³/mol. The SMILES string of the molecule is COC(=O)C1(C(=O)OC)C=C2CC(=O)C=C2C1. The van der Waals surface area contributed by atoms with Crippen LogP contribution >= 0.6 is 0 Å². The van der Waals surface area contributed by atoms with Gasteiger partial charge >= 0.3 is 11.9 Å². The third-order valence-electron chi connectivity index (χ3n) is 3.10. The Morgan fingerprint density at radius 2 is 1.76 bits per heavy atom. The fourth-order valence-corrected chi connectivity index (χ4v) is 2.31. The van der Waals surface area contributed by atoms with Crippen molar-refractivity contribution in [3.05, 3.63) is 23.3 Å². The van der Waals surface area contributed by atoms with E-state index in [1.54, 1.807) is 0 Å². The molecule has 0 N–H and O–H groups in total. The molecule has 0 aromatic carbocycles. The van der Waals surface area contributed by atoms with Crippen LogP contribution in [0.1, 0.15) is 12.8 Å². The molecule has 0 saturated heterocycles. The van der Waals surface area contributed by atoms with Crippen LogP contribution < -0.4 is 0 Å². The third kappa shape index (κ3) is 1.58. The standard InChI is InChI=1S/C12H12O5/c1-16-10(14)12(11(15)17-2)5-7-3-9(13)4-8(7)6-12/h3,6H,4-5H2,1-2H3. The molecule has 0 bridgehead atoms. The van der Waals surface area contributed by atoms with Gasteiger partial charge in [-0.15, -0.1) is 0 Å². The number of hydrogen-bond acceptors (Lipinski definition) is 5. The highest BCUT2D eigenvalue weighted by atomic mass is 16.5. The number of carbonyl (C=O) groups excluding carboxylic acids is 3. The van der Waals surface area contributed by atoms with E-state index in [1.165, 1.54) is 26.4 Å². The minimum atomic E-state index is -1.41. The lowest BCUT2D eigenvalue weighted by Crippen LogP contribution is -2.38. The third-order valence-corrected chi connectivity index (χ3v) is 3.10. The first-order valence-corrected chi connectivity index (χ1v) is 5.16. The molecule has 2 aliphatic carbocycles. The first-order chi connectivity index (χ1) is 8.03. The maximum Gasteiger partial charge on any atom is 0.327 e. The Bertz CT molecular complexity index is 453. The molecule has 90 valence electrons. The lowest BCUT2D eigenvalue weighted by Gasteiger charge is -2.20. The second-order valence-electron chi connectivity index (χ2n) is 4.11. The Kier molecular flexibility index (Phi) is 2.61. The molecule has 0 spiro atoms. The molecule has 0 radical (unpaired) electrons. The fraction of sp³-hybridized carbons (Fsp3) is 0.417. The molecule has 5 nitrogen and oxygen atoms in total. The molecule has 2 rings (SSSR count). The van der Waals surface area contributed by atoms with Gasteiger partial charge in [-0.05, 0) is 17.2 Å². The van der Waals surface area contributed by atoms with E-state index < -0.39 is 17.4 Å². The number of fused-ring (bicyclic) bond motifs is 1. The summed E-state index contributed by atoms with van der Waals surface area (Å²) in [6, 6.07) is 0. The van der Waals surface area contributed by atoms with Crippen molar-refractivity contribution < 1.29 is 23.9 Å². The summed E-state index contributed by atoms with van der Waals surface area (Å²) in [4.78, 5) is 34.7. The number of esters is 2. The Hall–Kier alpha value is -1.91. The topological polar surface area (TPSA) is 69.7 Å². The van der Waals surface area contributed by atoms with Gasteiger partial charge in [-0.1, -0.05) is 6.08 Å². The second kappa shape index (κ2) is 3.84. The van der Waals surface area contributed by atoms with Gasteiger partial charge in [-0.3, -0.25) is 14.4 Å². The molecule has 0 atom stereocenters. The molecule has 0 heterocycles. The van der Waals surface area contributed by atoms with Crippen molar-refractivity contribution >= 4 is 17.7 Å². The molecule has 17 heavy (non-hydrogen) atoms.